The van der Waals surface area contributed by atoms with Gasteiger partial charge in [0.05, 0.1) is 0 Å². The van der Waals surface area contributed by atoms with Crippen LogP contribution >= 0.6 is 0 Å². The van der Waals surface area contributed by atoms with Gasteiger partial charge in [0.1, 0.15) is 5.84 Å². The Morgan fingerprint density at radius 2 is 2.05 bits per heavy atom. The van der Waals surface area contributed by atoms with Gasteiger partial charge in [-0.15, -0.1) is 0 Å². The van der Waals surface area contributed by atoms with Crippen LogP contribution in [-0.2, 0) is 0 Å². The number of carbonyl (C=O) groups is 1. The number of amides is 2. The first-order valence-corrected chi connectivity index (χ1v) is 6.60. The smallest absolute Gasteiger partial charge is 0.321 e. The lowest BCUT2D eigenvalue weighted by Crippen LogP contribution is -2.39. The van der Waals surface area contributed by atoms with E-state index in [2.05, 4.69) is 10.5 Å². The van der Waals surface area contributed by atoms with Crippen LogP contribution in [0.5, 0.6) is 0 Å². The number of nitrogens with one attached hydrogen (secondary N) is 1. The number of para-hydroxylation sites is 1. The molecule has 0 unspecified atom stereocenters. The molecule has 0 saturated heterocycles. The average Bonchev–Trinajstić information content (AvgIpc) is 2.43. The van der Waals surface area contributed by atoms with E-state index in [0.717, 1.165) is 5.69 Å². The Labute approximate surface area is 119 Å². The molecule has 1 rings (SSSR count). The molecule has 6 nitrogen and oxygen atoms in total. The van der Waals surface area contributed by atoms with Gasteiger partial charge >= 0.3 is 6.03 Å². The molecule has 110 valence electrons. The van der Waals surface area contributed by atoms with E-state index in [9.17, 15) is 4.79 Å². The highest BCUT2D eigenvalue weighted by Crippen LogP contribution is 2.08. The van der Waals surface area contributed by atoms with Gasteiger partial charge in [-0.2, -0.15) is 0 Å². The third-order valence-corrected chi connectivity index (χ3v) is 2.66. The second-order valence-corrected chi connectivity index (χ2v) is 4.98. The summed E-state index contributed by atoms with van der Waals surface area (Å²) in [6, 6.07) is 9.08. The van der Waals surface area contributed by atoms with Crippen LogP contribution in [0.1, 0.15) is 20.3 Å². The van der Waals surface area contributed by atoms with Crippen molar-refractivity contribution in [3.05, 3.63) is 30.3 Å². The minimum absolute atomic E-state index is 0.117. The monoisotopic (exact) mass is 278 g/mol. The largest absolute Gasteiger partial charge is 0.409 e. The quantitative estimate of drug-likeness (QED) is 0.323. The summed E-state index contributed by atoms with van der Waals surface area (Å²) >= 11 is 0. The minimum atomic E-state index is -0.185. The fourth-order valence-corrected chi connectivity index (χ4v) is 1.74. The predicted molar refractivity (Wildman–Crippen MR) is 79.9 cm³/mol. The van der Waals surface area contributed by atoms with Crippen LogP contribution in [0.3, 0.4) is 0 Å². The Morgan fingerprint density at radius 1 is 1.40 bits per heavy atom. The number of nitrogens with zero attached hydrogens (tertiary/aromatic N) is 2. The molecule has 20 heavy (non-hydrogen) atoms. The van der Waals surface area contributed by atoms with Crippen molar-refractivity contribution in [2.75, 3.05) is 18.4 Å². The first kappa shape index (κ1) is 15.8. The van der Waals surface area contributed by atoms with Crippen molar-refractivity contribution in [3.8, 4) is 0 Å². The van der Waals surface area contributed by atoms with E-state index in [1.807, 2.05) is 44.2 Å². The highest BCUT2D eigenvalue weighted by molar-refractivity contribution is 5.89. The Morgan fingerprint density at radius 3 is 2.60 bits per heavy atom. The topological polar surface area (TPSA) is 90.9 Å². The lowest BCUT2D eigenvalue weighted by atomic mass is 10.2. The van der Waals surface area contributed by atoms with Gasteiger partial charge in [-0.1, -0.05) is 37.2 Å². The molecule has 0 aliphatic heterocycles. The molecule has 1 aromatic carbocycles. The number of anilines is 1. The summed E-state index contributed by atoms with van der Waals surface area (Å²) in [7, 11) is 0. The molecule has 0 saturated carbocycles. The van der Waals surface area contributed by atoms with Gasteiger partial charge < -0.3 is 21.2 Å². The second-order valence-electron chi connectivity index (χ2n) is 4.98. The number of hydrogen-bond donors (Lipinski definition) is 3. The standard InChI is InChI=1S/C14H22N4O2/c1-11(2)10-18(9-8-13(15)17-20)14(19)16-12-6-4-3-5-7-12/h3-7,11,20H,8-10H2,1-2H3,(H2,15,17)(H,16,19). The Balaban J connectivity index is 2.64. The average molecular weight is 278 g/mol. The number of amidine groups is 1. The summed E-state index contributed by atoms with van der Waals surface area (Å²) < 4.78 is 0. The third kappa shape index (κ3) is 5.60. The van der Waals surface area contributed by atoms with Gasteiger partial charge in [0.2, 0.25) is 0 Å². The summed E-state index contributed by atoms with van der Waals surface area (Å²) in [5, 5.41) is 14.3. The zero-order valence-electron chi connectivity index (χ0n) is 11.9. The van der Waals surface area contributed by atoms with E-state index in [1.165, 1.54) is 0 Å². The van der Waals surface area contributed by atoms with Crippen LogP contribution < -0.4 is 11.1 Å². The van der Waals surface area contributed by atoms with E-state index >= 15 is 0 Å². The van der Waals surface area contributed by atoms with Crippen molar-refractivity contribution < 1.29 is 10.0 Å². The molecule has 0 aliphatic rings. The number of hydrogen-bond acceptors (Lipinski definition) is 3. The van der Waals surface area contributed by atoms with Gasteiger partial charge in [-0.05, 0) is 18.1 Å². The third-order valence-electron chi connectivity index (χ3n) is 2.66. The molecule has 0 heterocycles. The van der Waals surface area contributed by atoms with Crippen LogP contribution in [0.4, 0.5) is 10.5 Å². The number of carbonyl (C=O) groups excluding carboxylic acids is 1. The van der Waals surface area contributed by atoms with Crippen LogP contribution in [0.25, 0.3) is 0 Å². The highest BCUT2D eigenvalue weighted by Gasteiger charge is 2.15. The van der Waals surface area contributed by atoms with Gasteiger partial charge in [-0.25, -0.2) is 4.79 Å². The van der Waals surface area contributed by atoms with Crippen molar-refractivity contribution >= 4 is 17.6 Å². The lowest BCUT2D eigenvalue weighted by Gasteiger charge is -2.24. The zero-order chi connectivity index (χ0) is 15.0. The normalized spacial score (nSPS) is 11.4. The molecule has 0 atom stereocenters. The fourth-order valence-electron chi connectivity index (χ4n) is 1.74. The molecule has 6 heteroatoms. The summed E-state index contributed by atoms with van der Waals surface area (Å²) in [5.41, 5.74) is 6.19. The first-order chi connectivity index (χ1) is 9.52. The number of rotatable bonds is 6. The van der Waals surface area contributed by atoms with Crippen molar-refractivity contribution in [2.45, 2.75) is 20.3 Å². The Bertz CT molecular complexity index is 446. The van der Waals surface area contributed by atoms with E-state index in [4.69, 9.17) is 10.9 Å². The molecule has 0 spiro atoms. The summed E-state index contributed by atoms with van der Waals surface area (Å²) in [4.78, 5) is 13.9. The lowest BCUT2D eigenvalue weighted by molar-refractivity contribution is 0.206. The van der Waals surface area contributed by atoms with Crippen LogP contribution in [0.15, 0.2) is 35.5 Å². The van der Waals surface area contributed by atoms with E-state index in [0.29, 0.717) is 25.4 Å². The molecule has 0 bridgehead atoms. The SMILES string of the molecule is CC(C)CN(CCC(N)=NO)C(=O)Nc1ccccc1. The molecule has 0 aromatic heterocycles. The van der Waals surface area contributed by atoms with Gasteiger partial charge in [-0.3, -0.25) is 0 Å². The Hall–Kier alpha value is -2.24. The van der Waals surface area contributed by atoms with Crippen LogP contribution in [0.2, 0.25) is 0 Å². The summed E-state index contributed by atoms with van der Waals surface area (Å²) in [6.07, 6.45) is 0.339. The fraction of sp³-hybridized carbons (Fsp3) is 0.429. The van der Waals surface area contributed by atoms with Crippen molar-refractivity contribution in [1.29, 1.82) is 0 Å². The maximum Gasteiger partial charge on any atom is 0.321 e. The molecule has 0 fully saturated rings. The van der Waals surface area contributed by atoms with E-state index in [-0.39, 0.29) is 11.9 Å². The van der Waals surface area contributed by atoms with Crippen LogP contribution in [-0.4, -0.2) is 35.1 Å². The Kier molecular flexibility index (Phi) is 6.36. The van der Waals surface area contributed by atoms with Crippen molar-refractivity contribution in [1.82, 2.24) is 4.90 Å². The van der Waals surface area contributed by atoms with E-state index in [1.54, 1.807) is 4.90 Å². The van der Waals surface area contributed by atoms with Crippen molar-refractivity contribution in [2.24, 2.45) is 16.8 Å². The maximum absolute atomic E-state index is 12.2. The number of benzene rings is 1. The number of oxime groups is 1. The molecule has 1 aromatic rings. The number of nitrogens with two attached hydrogens (primary N) is 1. The second kappa shape index (κ2) is 8.04. The molecular weight excluding hydrogens is 256 g/mol. The summed E-state index contributed by atoms with van der Waals surface area (Å²) in [5.74, 6) is 0.454. The summed E-state index contributed by atoms with van der Waals surface area (Å²) in [6.45, 7) is 5.09. The predicted octanol–water partition coefficient (Wildman–Crippen LogP) is 2.31. The first-order valence-electron chi connectivity index (χ1n) is 6.60. The molecule has 4 N–H and O–H groups in total. The minimum Gasteiger partial charge on any atom is -0.409 e. The van der Waals surface area contributed by atoms with Crippen LogP contribution in [0, 0.1) is 5.92 Å². The molecule has 2 amide bonds. The van der Waals surface area contributed by atoms with Crippen molar-refractivity contribution in [3.63, 3.8) is 0 Å². The molecule has 0 radical (unpaired) electrons. The van der Waals surface area contributed by atoms with E-state index < -0.39 is 0 Å². The van der Waals surface area contributed by atoms with Gasteiger partial charge in [0.25, 0.3) is 0 Å². The van der Waals surface area contributed by atoms with Gasteiger partial charge in [0.15, 0.2) is 0 Å². The molecular formula is C14H22N4O2. The zero-order valence-corrected chi connectivity index (χ0v) is 11.9. The maximum atomic E-state index is 12.2. The van der Waals surface area contributed by atoms with Gasteiger partial charge in [0, 0.05) is 25.2 Å². The number of urea groups is 1. The highest BCUT2D eigenvalue weighted by atomic mass is 16.4. The molecule has 0 aliphatic carbocycles.